The van der Waals surface area contributed by atoms with Gasteiger partial charge in [-0.3, -0.25) is 14.2 Å². The molecule has 0 spiro atoms. The highest BCUT2D eigenvalue weighted by molar-refractivity contribution is 5.94. The van der Waals surface area contributed by atoms with Crippen molar-refractivity contribution in [3.8, 4) is 17.3 Å². The van der Waals surface area contributed by atoms with Crippen LogP contribution < -0.4 is 10.1 Å². The first kappa shape index (κ1) is 21.0. The third-order valence-corrected chi connectivity index (χ3v) is 5.19. The van der Waals surface area contributed by atoms with Gasteiger partial charge in [-0.1, -0.05) is 5.16 Å². The molecule has 0 bridgehead atoms. The minimum atomic E-state index is -0.155. The smallest absolute Gasteiger partial charge is 0.253 e. The summed E-state index contributed by atoms with van der Waals surface area (Å²) < 4.78 is 23.3. The second kappa shape index (κ2) is 9.35. The Bertz CT molecular complexity index is 1250. The van der Waals surface area contributed by atoms with Crippen LogP contribution in [0.1, 0.15) is 28.2 Å². The summed E-state index contributed by atoms with van der Waals surface area (Å²) in [5.41, 5.74) is 2.39. The number of carbonyl (C=O) groups excluding carboxylic acids is 1. The van der Waals surface area contributed by atoms with Crippen LogP contribution in [0.15, 0.2) is 47.2 Å². The van der Waals surface area contributed by atoms with Gasteiger partial charge in [0.15, 0.2) is 22.9 Å². The highest BCUT2D eigenvalue weighted by Crippen LogP contribution is 2.22. The molecule has 1 aliphatic heterocycles. The number of aromatic nitrogens is 5. The molecule has 33 heavy (non-hydrogen) atoms. The van der Waals surface area contributed by atoms with E-state index in [0.29, 0.717) is 59.8 Å². The van der Waals surface area contributed by atoms with Gasteiger partial charge in [-0.2, -0.15) is 0 Å². The lowest BCUT2D eigenvalue weighted by atomic mass is 10.2. The number of methoxy groups -OCH3 is 1. The average Bonchev–Trinajstić information content (AvgIpc) is 3.59. The summed E-state index contributed by atoms with van der Waals surface area (Å²) in [6.07, 6.45) is 4.16. The van der Waals surface area contributed by atoms with Crippen molar-refractivity contribution in [2.24, 2.45) is 0 Å². The summed E-state index contributed by atoms with van der Waals surface area (Å²) >= 11 is 0. The Morgan fingerprint density at radius 3 is 2.97 bits per heavy atom. The lowest BCUT2D eigenvalue weighted by Crippen LogP contribution is -2.35. The van der Waals surface area contributed by atoms with Crippen molar-refractivity contribution in [3.05, 3.63) is 59.7 Å². The SMILES string of the molecule is COCc1cc(-c2nnc3ccc(OCc4ccc(C(=O)NC5CCOC5)cn4)cn23)no1. The Kier molecular flexibility index (Phi) is 5.96. The zero-order valence-corrected chi connectivity index (χ0v) is 17.9. The number of ether oxygens (including phenoxy) is 3. The molecular weight excluding hydrogens is 428 g/mol. The maximum atomic E-state index is 12.3. The summed E-state index contributed by atoms with van der Waals surface area (Å²) in [5, 5.41) is 15.3. The third-order valence-electron chi connectivity index (χ3n) is 5.19. The van der Waals surface area contributed by atoms with Gasteiger partial charge in [-0.25, -0.2) is 0 Å². The Morgan fingerprint density at radius 2 is 2.18 bits per heavy atom. The van der Waals surface area contributed by atoms with Crippen LogP contribution in [0.3, 0.4) is 0 Å². The molecule has 1 fully saturated rings. The largest absolute Gasteiger partial charge is 0.486 e. The number of nitrogens with one attached hydrogen (secondary N) is 1. The summed E-state index contributed by atoms with van der Waals surface area (Å²) in [4.78, 5) is 16.7. The first-order valence-electron chi connectivity index (χ1n) is 10.5. The number of fused-ring (bicyclic) bond motifs is 1. The van der Waals surface area contributed by atoms with E-state index in [1.54, 1.807) is 54.2 Å². The van der Waals surface area contributed by atoms with Crippen LogP contribution in [-0.4, -0.2) is 57.0 Å². The Balaban J connectivity index is 1.25. The van der Waals surface area contributed by atoms with Crippen molar-refractivity contribution >= 4 is 11.6 Å². The fourth-order valence-corrected chi connectivity index (χ4v) is 3.48. The highest BCUT2D eigenvalue weighted by atomic mass is 16.5. The molecule has 0 aliphatic carbocycles. The van der Waals surface area contributed by atoms with E-state index in [1.807, 2.05) is 0 Å². The minimum absolute atomic E-state index is 0.0572. The van der Waals surface area contributed by atoms with E-state index in [0.717, 1.165) is 6.42 Å². The number of rotatable bonds is 8. The van der Waals surface area contributed by atoms with Crippen LogP contribution in [-0.2, 0) is 22.7 Å². The summed E-state index contributed by atoms with van der Waals surface area (Å²) in [5.74, 6) is 1.57. The standard InChI is InChI=1S/C22H22N6O5/c1-30-13-18-8-19(27-33-18)21-26-25-20-5-4-17(10-28(20)21)32-12-15-3-2-14(9-23-15)22(29)24-16-6-7-31-11-16/h2-5,8-10,16H,6-7,11-13H2,1H3,(H,24,29). The number of amides is 1. The molecule has 1 amide bonds. The van der Waals surface area contributed by atoms with Crippen LogP contribution in [0.5, 0.6) is 5.75 Å². The molecule has 0 aromatic carbocycles. The van der Waals surface area contributed by atoms with Crippen molar-refractivity contribution in [1.82, 2.24) is 30.1 Å². The third kappa shape index (κ3) is 4.69. The number of hydrogen-bond acceptors (Lipinski definition) is 9. The second-order valence-corrected chi connectivity index (χ2v) is 7.59. The molecule has 4 aromatic heterocycles. The maximum absolute atomic E-state index is 12.3. The summed E-state index contributed by atoms with van der Waals surface area (Å²) in [6, 6.07) is 8.93. The van der Waals surface area contributed by atoms with Crippen molar-refractivity contribution in [3.63, 3.8) is 0 Å². The van der Waals surface area contributed by atoms with Crippen molar-refractivity contribution < 1.29 is 23.5 Å². The number of hydrogen-bond donors (Lipinski definition) is 1. The van der Waals surface area contributed by atoms with Gasteiger partial charge < -0.3 is 24.1 Å². The Morgan fingerprint density at radius 1 is 1.24 bits per heavy atom. The second-order valence-electron chi connectivity index (χ2n) is 7.59. The van der Waals surface area contributed by atoms with E-state index >= 15 is 0 Å². The van der Waals surface area contributed by atoms with Gasteiger partial charge in [-0.15, -0.1) is 10.2 Å². The predicted molar refractivity (Wildman–Crippen MR) is 114 cm³/mol. The average molecular weight is 450 g/mol. The van der Waals surface area contributed by atoms with Gasteiger partial charge in [0.05, 0.1) is 30.1 Å². The van der Waals surface area contributed by atoms with Crippen molar-refractivity contribution in [2.75, 3.05) is 20.3 Å². The molecule has 1 N–H and O–H groups in total. The Labute approximate surface area is 188 Å². The van der Waals surface area contributed by atoms with Crippen molar-refractivity contribution in [2.45, 2.75) is 25.7 Å². The van der Waals surface area contributed by atoms with Crippen LogP contribution in [0.4, 0.5) is 0 Å². The van der Waals surface area contributed by atoms with Crippen LogP contribution >= 0.6 is 0 Å². The van der Waals surface area contributed by atoms with E-state index in [-0.39, 0.29) is 18.6 Å². The first-order chi connectivity index (χ1) is 16.2. The molecule has 0 saturated carbocycles. The van der Waals surface area contributed by atoms with Crippen LogP contribution in [0.2, 0.25) is 0 Å². The molecule has 1 unspecified atom stereocenters. The topological polar surface area (TPSA) is 126 Å². The van der Waals surface area contributed by atoms with Crippen LogP contribution in [0.25, 0.3) is 17.2 Å². The highest BCUT2D eigenvalue weighted by Gasteiger charge is 2.19. The van der Waals surface area contributed by atoms with E-state index in [2.05, 4.69) is 25.7 Å². The molecular formula is C22H22N6O5. The van der Waals surface area contributed by atoms with E-state index in [1.165, 1.54) is 0 Å². The zero-order valence-electron chi connectivity index (χ0n) is 17.9. The molecule has 1 atom stereocenters. The number of nitrogens with zero attached hydrogens (tertiary/aromatic N) is 5. The molecule has 1 saturated heterocycles. The zero-order chi connectivity index (χ0) is 22.6. The molecule has 0 radical (unpaired) electrons. The van der Waals surface area contributed by atoms with E-state index < -0.39 is 0 Å². The van der Waals surface area contributed by atoms with Gasteiger partial charge in [0, 0.05) is 26.0 Å². The number of carbonyl (C=O) groups is 1. The monoisotopic (exact) mass is 450 g/mol. The molecule has 170 valence electrons. The predicted octanol–water partition coefficient (Wildman–Crippen LogP) is 2.02. The first-order valence-corrected chi connectivity index (χ1v) is 10.5. The minimum Gasteiger partial charge on any atom is -0.486 e. The van der Waals surface area contributed by atoms with Gasteiger partial charge in [0.2, 0.25) is 0 Å². The normalized spacial score (nSPS) is 15.7. The van der Waals surface area contributed by atoms with E-state index in [9.17, 15) is 4.79 Å². The maximum Gasteiger partial charge on any atom is 0.253 e. The lowest BCUT2D eigenvalue weighted by molar-refractivity contribution is 0.0929. The van der Waals surface area contributed by atoms with Gasteiger partial charge in [-0.05, 0) is 30.7 Å². The quantitative estimate of drug-likeness (QED) is 0.429. The van der Waals surface area contributed by atoms with Crippen LogP contribution in [0, 0.1) is 0 Å². The Hall–Kier alpha value is -3.83. The van der Waals surface area contributed by atoms with Crippen molar-refractivity contribution in [1.29, 1.82) is 0 Å². The van der Waals surface area contributed by atoms with Gasteiger partial charge >= 0.3 is 0 Å². The molecule has 11 nitrogen and oxygen atoms in total. The van der Waals surface area contributed by atoms with Gasteiger partial charge in [0.1, 0.15) is 19.0 Å². The molecule has 5 rings (SSSR count). The molecule has 1 aliphatic rings. The molecule has 5 heterocycles. The molecule has 11 heteroatoms. The van der Waals surface area contributed by atoms with Gasteiger partial charge in [0.25, 0.3) is 5.91 Å². The lowest BCUT2D eigenvalue weighted by Gasteiger charge is -2.11. The molecule has 4 aromatic rings. The summed E-state index contributed by atoms with van der Waals surface area (Å²) in [6.45, 7) is 1.79. The fraction of sp³-hybridized carbons (Fsp3) is 0.318. The number of pyridine rings is 2. The van der Waals surface area contributed by atoms with E-state index in [4.69, 9.17) is 18.7 Å². The summed E-state index contributed by atoms with van der Waals surface area (Å²) in [7, 11) is 1.58. The fourth-order valence-electron chi connectivity index (χ4n) is 3.48.